The van der Waals surface area contributed by atoms with E-state index >= 15 is 0 Å². The van der Waals surface area contributed by atoms with Crippen LogP contribution in [0.15, 0.2) is 97.1 Å². The van der Waals surface area contributed by atoms with Crippen LogP contribution >= 0.6 is 79.6 Å². The second-order valence-corrected chi connectivity index (χ2v) is 13.9. The van der Waals surface area contributed by atoms with Crippen LogP contribution in [0.25, 0.3) is 0 Å². The van der Waals surface area contributed by atoms with Gasteiger partial charge in [-0.3, -0.25) is 0 Å². The number of hydrogen-bond acceptors (Lipinski definition) is 8. The van der Waals surface area contributed by atoms with Crippen molar-refractivity contribution in [2.75, 3.05) is 46.5 Å². The van der Waals surface area contributed by atoms with Crippen LogP contribution in [0.4, 0.5) is 0 Å². The van der Waals surface area contributed by atoms with E-state index in [2.05, 4.69) is 97.9 Å². The number of hydrogen-bond donors (Lipinski definition) is 1. The van der Waals surface area contributed by atoms with Crippen LogP contribution in [0, 0.1) is 56.2 Å². The first-order chi connectivity index (χ1) is 26.7. The highest BCUT2D eigenvalue weighted by Gasteiger charge is 2.33. The molecule has 268 valence electrons. The van der Waals surface area contributed by atoms with Crippen molar-refractivity contribution in [3.05, 3.63) is 119 Å². The minimum atomic E-state index is -0.560. The summed E-state index contributed by atoms with van der Waals surface area (Å²) in [5.74, 6) is 2.09. The molecular weight excluding hydrogens is 976 g/mol. The normalized spacial score (nSPS) is 10.6. The molecule has 4 aromatic rings. The lowest BCUT2D eigenvalue weighted by Crippen LogP contribution is -2.42. The minimum Gasteiger partial charge on any atom is -0.508 e. The van der Waals surface area contributed by atoms with E-state index in [4.69, 9.17) is 46.3 Å². The molecule has 0 aromatic heterocycles. The second kappa shape index (κ2) is 23.8. The van der Waals surface area contributed by atoms with Crippen LogP contribution in [0.1, 0.15) is 28.2 Å². The third-order valence-electron chi connectivity index (χ3n) is 7.00. The highest BCUT2D eigenvalue weighted by molar-refractivity contribution is 9.11. The molecule has 1 N–H and O–H groups in total. The zero-order chi connectivity index (χ0) is 41.5. The number of alkyl halides is 5. The monoisotopic (exact) mass is 1020 g/mol. The molecule has 0 saturated heterocycles. The number of benzene rings is 4. The van der Waals surface area contributed by atoms with Gasteiger partial charge in [-0.15, -0.1) is 0 Å². The fourth-order valence-corrected chi connectivity index (χ4v) is 9.63. The van der Waals surface area contributed by atoms with Crippen molar-refractivity contribution >= 4 is 79.6 Å². The molecule has 0 heterocycles. The first kappa shape index (κ1) is 40.2. The molecule has 0 unspecified atom stereocenters. The number of aromatic hydroxyl groups is 1. The van der Waals surface area contributed by atoms with Gasteiger partial charge in [0.25, 0.3) is 0 Å². The van der Waals surface area contributed by atoms with Crippen molar-refractivity contribution in [2.45, 2.75) is 0 Å². The fourth-order valence-electron chi connectivity index (χ4n) is 3.58. The van der Waals surface area contributed by atoms with Gasteiger partial charge in [-0.25, -0.2) is 0 Å². The number of phenols is 1. The highest BCUT2D eigenvalue weighted by Crippen LogP contribution is 2.28. The molecule has 8 nitrogen and oxygen atoms in total. The fraction of sp³-hybridized carbons (Fsp3) is 0.263. The zero-order valence-corrected chi connectivity index (χ0v) is 35.2. The third-order valence-corrected chi connectivity index (χ3v) is 12.9. The maximum Gasteiger partial charge on any atom is 0.119 e. The summed E-state index contributed by atoms with van der Waals surface area (Å²) in [6.07, 6.45) is 0. The van der Waals surface area contributed by atoms with Crippen molar-refractivity contribution in [3.63, 3.8) is 0 Å². The Morgan fingerprint density at radius 3 is 0.882 bits per heavy atom. The van der Waals surface area contributed by atoms with Crippen molar-refractivity contribution in [2.24, 2.45) is 10.8 Å². The van der Waals surface area contributed by atoms with Gasteiger partial charge in [0.15, 0.2) is 0 Å². The second-order valence-electron chi connectivity index (χ2n) is 11.1. The summed E-state index contributed by atoms with van der Waals surface area (Å²) in [5.41, 5.74) is 2.01. The molecule has 4 rings (SSSR count). The van der Waals surface area contributed by atoms with Crippen molar-refractivity contribution < 1.29 is 25.3 Å². The summed E-state index contributed by atoms with van der Waals surface area (Å²) < 4.78 is 38.1. The Labute approximate surface area is 347 Å². The van der Waals surface area contributed by atoms with Gasteiger partial charge in [0, 0.05) is 38.0 Å². The van der Waals surface area contributed by atoms with Gasteiger partial charge in [-0.2, -0.15) is 21.0 Å². The summed E-state index contributed by atoms with van der Waals surface area (Å²) in [6, 6.07) is 35.0. The van der Waals surface area contributed by atoms with Gasteiger partial charge < -0.3 is 19.3 Å². The molecule has 0 spiro atoms. The standard InChI is InChI=1S/C26H20BrN3O3.C7H5NO.C5H8Br4.2H2/c27-16-26(17-31-23-7-1-20(13-28)2-8-23,18-32-24-9-3-21(14-29)4-10-24)19-33-25-11-5-22(15-30)6-12-25;8-5-6-1-3-7(9)4-2-6;6-1-5(2-7,3-8)4-9;;/h1-12H,16-19H2;1-4,9H;1-4H2;2*1H/i;;;2*1+2T. The van der Waals surface area contributed by atoms with E-state index < -0.39 is 5.41 Å². The van der Waals surface area contributed by atoms with E-state index in [9.17, 15) is 0 Å². The van der Waals surface area contributed by atoms with Crippen LogP contribution in [-0.2, 0) is 0 Å². The predicted molar refractivity (Wildman–Crippen MR) is 221 cm³/mol. The molecule has 4 aromatic carbocycles. The Morgan fingerprint density at radius 1 is 0.451 bits per heavy atom. The molecule has 0 aliphatic rings. The largest absolute Gasteiger partial charge is 0.508 e. The average molecular weight is 1020 g/mol. The Balaban J connectivity index is 0.00000108. The summed E-state index contributed by atoms with van der Waals surface area (Å²) in [7, 11) is 0. The molecule has 0 saturated carbocycles. The van der Waals surface area contributed by atoms with E-state index in [0.717, 1.165) is 21.3 Å². The first-order valence-corrected chi connectivity index (χ1v) is 20.7. The maximum atomic E-state index is 8.98. The number of nitrogens with zero attached hydrogens (tertiary/aromatic N) is 4. The Hall–Kier alpha value is -3.56. The molecule has 0 atom stereocenters. The van der Waals surface area contributed by atoms with Crippen LogP contribution in [-0.4, -0.2) is 51.6 Å². The van der Waals surface area contributed by atoms with Gasteiger partial charge in [-0.05, 0) is 97.1 Å². The predicted octanol–water partition coefficient (Wildman–Crippen LogP) is 10.5. The van der Waals surface area contributed by atoms with Gasteiger partial charge in [0.1, 0.15) is 42.8 Å². The zero-order valence-electron chi connectivity index (χ0n) is 31.2. The molecule has 13 heteroatoms. The lowest BCUT2D eigenvalue weighted by atomic mass is 9.94. The van der Waals surface area contributed by atoms with Crippen LogP contribution < -0.4 is 14.2 Å². The van der Waals surface area contributed by atoms with Crippen LogP contribution in [0.3, 0.4) is 0 Å². The number of ether oxygens (including phenoxy) is 3. The van der Waals surface area contributed by atoms with E-state index in [-0.39, 0.29) is 25.6 Å². The van der Waals surface area contributed by atoms with Crippen LogP contribution in [0.5, 0.6) is 23.0 Å². The van der Waals surface area contributed by atoms with Gasteiger partial charge in [-0.1, -0.05) is 79.6 Å². The smallest absolute Gasteiger partial charge is 0.119 e. The molecule has 51 heavy (non-hydrogen) atoms. The van der Waals surface area contributed by atoms with Crippen molar-refractivity contribution in [1.82, 2.24) is 0 Å². The molecule has 0 aliphatic heterocycles. The number of nitriles is 4. The summed E-state index contributed by atoms with van der Waals surface area (Å²) in [4.78, 5) is 0. The van der Waals surface area contributed by atoms with E-state index in [1.54, 1.807) is 84.9 Å². The first-order valence-electron chi connectivity index (χ1n) is 17.0. The molecular formula is C38H37Br5N4O4. The maximum absolute atomic E-state index is 8.98. The lowest BCUT2D eigenvalue weighted by Gasteiger charge is -2.31. The highest BCUT2D eigenvalue weighted by atomic mass is 79.9. The average Bonchev–Trinajstić information content (AvgIpc) is 3.27. The van der Waals surface area contributed by atoms with E-state index in [0.29, 0.717) is 50.2 Å². The molecule has 0 fully saturated rings. The van der Waals surface area contributed by atoms with Crippen LogP contribution in [0.2, 0.25) is 0 Å². The Bertz CT molecular complexity index is 1630. The Morgan fingerprint density at radius 2 is 0.686 bits per heavy atom. The molecule has 0 aliphatic carbocycles. The quantitative estimate of drug-likeness (QED) is 0.123. The van der Waals surface area contributed by atoms with Crippen molar-refractivity contribution in [3.8, 4) is 47.3 Å². The Kier molecular flexibility index (Phi) is 18.8. The molecule has 0 radical (unpaired) electrons. The molecule has 0 bridgehead atoms. The minimum absolute atomic E-state index is 0.189. The SMILES string of the molecule is BrCC(CBr)(CBr)CBr.N#Cc1ccc(O)cc1.N#Cc1ccc(OCC(CBr)(COc2ccc(C#N)cc2)COc2ccc(C#N)cc2)cc1.[3H][3H].[3H][3H]. The van der Waals surface area contributed by atoms with E-state index in [1.807, 2.05) is 6.07 Å². The summed E-state index contributed by atoms with van der Waals surface area (Å²) >= 11 is 17.4. The lowest BCUT2D eigenvalue weighted by molar-refractivity contribution is 0.0521. The third kappa shape index (κ3) is 15.3. The summed E-state index contributed by atoms with van der Waals surface area (Å²) in [6.45, 7) is 0.865. The van der Waals surface area contributed by atoms with E-state index in [1.165, 1.54) is 12.1 Å². The number of phenolic OH excluding ortho intramolecular Hbond substituents is 1. The van der Waals surface area contributed by atoms with Gasteiger partial charge in [0.05, 0.1) is 51.9 Å². The van der Waals surface area contributed by atoms with Gasteiger partial charge >= 0.3 is 0 Å². The van der Waals surface area contributed by atoms with Gasteiger partial charge in [0.2, 0.25) is 0 Å². The summed E-state index contributed by atoms with van der Waals surface area (Å²) in [5, 5.41) is 48.6. The molecule has 0 amide bonds. The topological polar surface area (TPSA) is 143 Å². The number of rotatable bonds is 14. The number of halogens is 5. The van der Waals surface area contributed by atoms with Crippen molar-refractivity contribution in [1.29, 1.82) is 21.0 Å².